The number of anilines is 2. The molecule has 0 saturated carbocycles. The number of nitrogens with two attached hydrogens (primary N) is 1. The molecule has 2 aromatic heterocycles. The monoisotopic (exact) mass is 650 g/mol. The molecule has 2 saturated heterocycles. The first-order valence-corrected chi connectivity index (χ1v) is 15.3. The van der Waals surface area contributed by atoms with Crippen LogP contribution in [0.25, 0.3) is 11.3 Å². The van der Waals surface area contributed by atoms with E-state index in [9.17, 15) is 27.2 Å². The van der Waals surface area contributed by atoms with Crippen molar-refractivity contribution in [2.45, 2.75) is 64.1 Å². The summed E-state index contributed by atoms with van der Waals surface area (Å²) < 4.78 is 54.8. The maximum Gasteiger partial charge on any atom is 0.416 e. The van der Waals surface area contributed by atoms with Crippen LogP contribution in [0.1, 0.15) is 54.0 Å². The lowest BCUT2D eigenvalue weighted by Gasteiger charge is -2.40. The van der Waals surface area contributed by atoms with Gasteiger partial charge in [0.1, 0.15) is 17.3 Å². The van der Waals surface area contributed by atoms with E-state index in [0.29, 0.717) is 42.9 Å². The van der Waals surface area contributed by atoms with Crippen LogP contribution in [-0.2, 0) is 17.5 Å². The Kier molecular flexibility index (Phi) is 9.67. The molecule has 16 heteroatoms. The summed E-state index contributed by atoms with van der Waals surface area (Å²) in [5.41, 5.74) is 5.20. The van der Waals surface area contributed by atoms with Gasteiger partial charge in [0.2, 0.25) is 0 Å². The summed E-state index contributed by atoms with van der Waals surface area (Å²) >= 11 is 1.08. The standard InChI is InChI=1S/C29H34F4N8O3S/c1-16-3-4-23(34)41(16)15-22-26(18-9-19(29(31,32)33)11-20(30)10-18)37-28(45-22)38-27(44)21-12-36-24(13-35-21)40-8-7-39(17(2)14-40)6-5-25(42)43/h9-13,16-17,23H,3-8,14-15,34H2,1-2H3,(H,42,43)(H,37,38,44)/t16-,17+,23+/m1/s1. The van der Waals surface area contributed by atoms with E-state index in [1.54, 1.807) is 0 Å². The van der Waals surface area contributed by atoms with Gasteiger partial charge in [-0.3, -0.25) is 24.7 Å². The Hall–Kier alpha value is -3.73. The van der Waals surface area contributed by atoms with Crippen LogP contribution in [0.3, 0.4) is 0 Å². The highest BCUT2D eigenvalue weighted by Gasteiger charge is 2.33. The van der Waals surface area contributed by atoms with Crippen LogP contribution in [0.15, 0.2) is 30.6 Å². The summed E-state index contributed by atoms with van der Waals surface area (Å²) in [5.74, 6) is -1.95. The number of aromatic nitrogens is 3. The van der Waals surface area contributed by atoms with Gasteiger partial charge in [-0.2, -0.15) is 13.2 Å². The second-order valence-electron chi connectivity index (χ2n) is 11.4. The Bertz CT molecular complexity index is 1530. The fourth-order valence-electron chi connectivity index (χ4n) is 5.68. The number of thiazole rings is 1. The van der Waals surface area contributed by atoms with E-state index in [-0.39, 0.29) is 53.3 Å². The molecule has 0 bridgehead atoms. The Morgan fingerprint density at radius 1 is 1.11 bits per heavy atom. The minimum atomic E-state index is -4.76. The molecule has 11 nitrogen and oxygen atoms in total. The fourth-order valence-corrected chi connectivity index (χ4v) is 6.66. The number of hydrogen-bond donors (Lipinski definition) is 3. The highest BCUT2D eigenvalue weighted by atomic mass is 32.1. The second-order valence-corrected chi connectivity index (χ2v) is 12.5. The highest BCUT2D eigenvalue weighted by molar-refractivity contribution is 7.16. The maximum atomic E-state index is 14.3. The molecule has 0 spiro atoms. The number of carboxylic acids is 1. The number of hydrogen-bond acceptors (Lipinski definition) is 10. The molecule has 1 amide bonds. The van der Waals surface area contributed by atoms with E-state index in [1.807, 2.05) is 23.6 Å². The van der Waals surface area contributed by atoms with Crippen molar-refractivity contribution >= 4 is 34.2 Å². The van der Waals surface area contributed by atoms with Crippen LogP contribution in [0.4, 0.5) is 28.5 Å². The van der Waals surface area contributed by atoms with Crippen molar-refractivity contribution in [2.75, 3.05) is 36.4 Å². The number of piperazine rings is 1. The van der Waals surface area contributed by atoms with Crippen molar-refractivity contribution < 1.29 is 32.3 Å². The summed E-state index contributed by atoms with van der Waals surface area (Å²) in [6.07, 6.45) is -0.528. The second kappa shape index (κ2) is 13.3. The quantitative estimate of drug-likeness (QED) is 0.288. The summed E-state index contributed by atoms with van der Waals surface area (Å²) in [7, 11) is 0. The number of alkyl halides is 3. The van der Waals surface area contributed by atoms with E-state index in [4.69, 9.17) is 10.8 Å². The SMILES string of the molecule is C[C@@H]1CC[C@@H](N)N1Cc1sc(NC(=O)c2cnc(N3CCN(CCC(=O)O)[C@@H](C)C3)cn2)nc1-c1cc(F)cc(C(F)(F)F)c1. The van der Waals surface area contributed by atoms with Gasteiger partial charge in [-0.25, -0.2) is 19.3 Å². The number of carboxylic acid groups (broad SMARTS) is 1. The van der Waals surface area contributed by atoms with Gasteiger partial charge in [0.25, 0.3) is 5.91 Å². The topological polar surface area (TPSA) is 141 Å². The molecule has 45 heavy (non-hydrogen) atoms. The molecule has 3 atom stereocenters. The molecule has 0 radical (unpaired) electrons. The highest BCUT2D eigenvalue weighted by Crippen LogP contribution is 2.38. The zero-order valence-electron chi connectivity index (χ0n) is 24.7. The number of nitrogens with zero attached hydrogens (tertiary/aromatic N) is 6. The lowest BCUT2D eigenvalue weighted by atomic mass is 10.1. The number of amides is 1. The first kappa shape index (κ1) is 32.7. The lowest BCUT2D eigenvalue weighted by Crippen LogP contribution is -2.52. The number of rotatable bonds is 9. The van der Waals surface area contributed by atoms with Gasteiger partial charge < -0.3 is 15.7 Å². The van der Waals surface area contributed by atoms with Crippen LogP contribution < -0.4 is 16.0 Å². The third-order valence-corrected chi connectivity index (χ3v) is 9.14. The molecule has 4 N–H and O–H groups in total. The Labute approximate surface area is 261 Å². The Morgan fingerprint density at radius 2 is 1.89 bits per heavy atom. The third-order valence-electron chi connectivity index (χ3n) is 8.19. The van der Waals surface area contributed by atoms with E-state index >= 15 is 0 Å². The molecule has 2 aliphatic heterocycles. The summed E-state index contributed by atoms with van der Waals surface area (Å²) in [6, 6.07) is 2.48. The zero-order chi connectivity index (χ0) is 32.5. The van der Waals surface area contributed by atoms with Crippen LogP contribution in [-0.4, -0.2) is 86.2 Å². The van der Waals surface area contributed by atoms with E-state index in [1.165, 1.54) is 12.4 Å². The predicted octanol–water partition coefficient (Wildman–Crippen LogP) is 4.26. The van der Waals surface area contributed by atoms with Gasteiger partial charge >= 0.3 is 12.1 Å². The largest absolute Gasteiger partial charge is 0.481 e. The zero-order valence-corrected chi connectivity index (χ0v) is 25.5. The molecule has 2 fully saturated rings. The molecule has 0 aliphatic carbocycles. The summed E-state index contributed by atoms with van der Waals surface area (Å²) in [4.78, 5) is 43.8. The van der Waals surface area contributed by atoms with Crippen LogP contribution >= 0.6 is 11.3 Å². The molecule has 4 heterocycles. The number of halogens is 4. The van der Waals surface area contributed by atoms with Gasteiger partial charge in [0, 0.05) is 55.2 Å². The number of nitrogens with one attached hydrogen (secondary N) is 1. The lowest BCUT2D eigenvalue weighted by molar-refractivity contribution is -0.138. The number of carbonyl (C=O) groups is 2. The first-order chi connectivity index (χ1) is 21.3. The van der Waals surface area contributed by atoms with Crippen LogP contribution in [0, 0.1) is 5.82 Å². The Balaban J connectivity index is 1.33. The smallest absolute Gasteiger partial charge is 0.416 e. The third kappa shape index (κ3) is 7.74. The molecular weight excluding hydrogens is 616 g/mol. The van der Waals surface area contributed by atoms with Crippen molar-refractivity contribution in [1.29, 1.82) is 0 Å². The summed E-state index contributed by atoms with van der Waals surface area (Å²) in [6.45, 7) is 6.61. The molecule has 3 aromatic rings. The van der Waals surface area contributed by atoms with Crippen LogP contribution in [0.5, 0.6) is 0 Å². The van der Waals surface area contributed by atoms with Crippen molar-refractivity contribution in [3.63, 3.8) is 0 Å². The number of likely N-dealkylation sites (tertiary alicyclic amines) is 1. The van der Waals surface area contributed by atoms with Crippen molar-refractivity contribution in [3.05, 3.63) is 52.5 Å². The molecular formula is C29H34F4N8O3S. The van der Waals surface area contributed by atoms with Gasteiger partial charge in [0.15, 0.2) is 5.13 Å². The van der Waals surface area contributed by atoms with Crippen molar-refractivity contribution in [2.24, 2.45) is 5.73 Å². The van der Waals surface area contributed by atoms with E-state index in [2.05, 4.69) is 25.2 Å². The molecule has 1 aromatic carbocycles. The molecule has 2 aliphatic rings. The summed E-state index contributed by atoms with van der Waals surface area (Å²) in [5, 5.41) is 11.7. The molecule has 0 unspecified atom stereocenters. The van der Waals surface area contributed by atoms with Crippen LogP contribution in [0.2, 0.25) is 0 Å². The average Bonchev–Trinajstić information content (AvgIpc) is 3.53. The number of benzene rings is 1. The molecule has 5 rings (SSSR count). The normalized spacial score (nSPS) is 21.3. The predicted molar refractivity (Wildman–Crippen MR) is 160 cm³/mol. The maximum absolute atomic E-state index is 14.3. The minimum absolute atomic E-state index is 0.00509. The number of carbonyl (C=O) groups excluding carboxylic acids is 1. The van der Waals surface area contributed by atoms with Gasteiger partial charge in [-0.15, -0.1) is 0 Å². The van der Waals surface area contributed by atoms with Gasteiger partial charge in [-0.05, 0) is 44.9 Å². The Morgan fingerprint density at radius 3 is 2.51 bits per heavy atom. The minimum Gasteiger partial charge on any atom is -0.481 e. The number of aliphatic carboxylic acids is 1. The first-order valence-electron chi connectivity index (χ1n) is 14.5. The average molecular weight is 651 g/mol. The van der Waals surface area contributed by atoms with Crippen molar-refractivity contribution in [1.82, 2.24) is 24.8 Å². The van der Waals surface area contributed by atoms with Gasteiger partial charge in [-0.1, -0.05) is 11.3 Å². The van der Waals surface area contributed by atoms with Gasteiger partial charge in [0.05, 0.1) is 36.2 Å². The molecule has 242 valence electrons. The fraction of sp³-hybridized carbons (Fsp3) is 0.483. The van der Waals surface area contributed by atoms with Crippen molar-refractivity contribution in [3.8, 4) is 11.3 Å². The van der Waals surface area contributed by atoms with E-state index in [0.717, 1.165) is 36.3 Å². The van der Waals surface area contributed by atoms with E-state index < -0.39 is 29.4 Å².